The Labute approximate surface area is 123 Å². The molecular weight excluding hydrogens is 274 g/mol. The number of ketones is 1. The first-order valence-corrected chi connectivity index (χ1v) is 6.72. The molecule has 3 nitrogen and oxygen atoms in total. The van der Waals surface area contributed by atoms with E-state index in [-0.39, 0.29) is 11.9 Å². The summed E-state index contributed by atoms with van der Waals surface area (Å²) in [6.07, 6.45) is -0.0133. The molecule has 2 aromatic rings. The number of benzene rings is 2. The molecule has 0 aliphatic rings. The van der Waals surface area contributed by atoms with Crippen LogP contribution in [0.15, 0.2) is 42.5 Å². The maximum absolute atomic E-state index is 12.6. The van der Waals surface area contributed by atoms with E-state index in [1.807, 2.05) is 19.9 Å². The highest BCUT2D eigenvalue weighted by Crippen LogP contribution is 2.26. The molecule has 0 saturated heterocycles. The van der Waals surface area contributed by atoms with E-state index in [4.69, 9.17) is 22.1 Å². The van der Waals surface area contributed by atoms with Gasteiger partial charge in [-0.3, -0.25) is 4.79 Å². The van der Waals surface area contributed by atoms with Crippen LogP contribution in [0.1, 0.15) is 29.8 Å². The molecule has 0 spiro atoms. The molecule has 0 unspecified atom stereocenters. The maximum atomic E-state index is 12.6. The molecule has 0 saturated carbocycles. The van der Waals surface area contributed by atoms with Crippen molar-refractivity contribution in [2.24, 2.45) is 0 Å². The molecule has 4 heteroatoms. The standard InChI is InChI=1S/C16H16ClNO2/c1-10(2)20-15-6-4-3-5-12(15)16(19)13-9-11(17)7-8-14(13)18/h3-10H,18H2,1-2H3. The fourth-order valence-corrected chi connectivity index (χ4v) is 2.05. The quantitative estimate of drug-likeness (QED) is 0.685. The number of nitrogens with two attached hydrogens (primary N) is 1. The first-order chi connectivity index (χ1) is 9.49. The van der Waals surface area contributed by atoms with Crippen LogP contribution in [0.4, 0.5) is 5.69 Å². The molecular formula is C16H16ClNO2. The zero-order chi connectivity index (χ0) is 14.7. The van der Waals surface area contributed by atoms with Crippen LogP contribution in [-0.2, 0) is 0 Å². The summed E-state index contributed by atoms with van der Waals surface area (Å²) in [4.78, 5) is 12.6. The predicted octanol–water partition coefficient (Wildman–Crippen LogP) is 3.94. The smallest absolute Gasteiger partial charge is 0.198 e. The molecule has 0 aliphatic carbocycles. The largest absolute Gasteiger partial charge is 0.490 e. The van der Waals surface area contributed by atoms with E-state index in [1.54, 1.807) is 36.4 Å². The summed E-state index contributed by atoms with van der Waals surface area (Å²) < 4.78 is 5.66. The van der Waals surface area contributed by atoms with E-state index in [0.717, 1.165) is 0 Å². The van der Waals surface area contributed by atoms with E-state index >= 15 is 0 Å². The number of carbonyl (C=O) groups excluding carboxylic acids is 1. The highest BCUT2D eigenvalue weighted by molar-refractivity contribution is 6.31. The van der Waals surface area contributed by atoms with Crippen LogP contribution in [0.25, 0.3) is 0 Å². The van der Waals surface area contributed by atoms with Crippen molar-refractivity contribution < 1.29 is 9.53 Å². The number of hydrogen-bond acceptors (Lipinski definition) is 3. The third kappa shape index (κ3) is 3.11. The van der Waals surface area contributed by atoms with E-state index in [9.17, 15) is 4.79 Å². The molecule has 2 aromatic carbocycles. The maximum Gasteiger partial charge on any atom is 0.198 e. The van der Waals surface area contributed by atoms with Gasteiger partial charge in [-0.25, -0.2) is 0 Å². The minimum Gasteiger partial charge on any atom is -0.490 e. The van der Waals surface area contributed by atoms with Gasteiger partial charge in [0.15, 0.2) is 5.78 Å². The molecule has 2 N–H and O–H groups in total. The molecule has 0 radical (unpaired) electrons. The molecule has 20 heavy (non-hydrogen) atoms. The van der Waals surface area contributed by atoms with Crippen molar-refractivity contribution in [2.45, 2.75) is 20.0 Å². The van der Waals surface area contributed by atoms with Crippen LogP contribution < -0.4 is 10.5 Å². The SMILES string of the molecule is CC(C)Oc1ccccc1C(=O)c1cc(Cl)ccc1N. The number of hydrogen-bond donors (Lipinski definition) is 1. The van der Waals surface area contributed by atoms with Gasteiger partial charge in [-0.15, -0.1) is 0 Å². The molecule has 0 aromatic heterocycles. The van der Waals surface area contributed by atoms with Crippen molar-refractivity contribution >= 4 is 23.1 Å². The lowest BCUT2D eigenvalue weighted by molar-refractivity contribution is 0.103. The number of halogens is 1. The monoisotopic (exact) mass is 289 g/mol. The Morgan fingerprint density at radius 1 is 1.15 bits per heavy atom. The summed E-state index contributed by atoms with van der Waals surface area (Å²) >= 11 is 5.93. The van der Waals surface area contributed by atoms with Crippen LogP contribution in [0.3, 0.4) is 0 Å². The average molecular weight is 290 g/mol. The Balaban J connectivity index is 2.45. The van der Waals surface area contributed by atoms with Gasteiger partial charge in [0.25, 0.3) is 0 Å². The van der Waals surface area contributed by atoms with Crippen molar-refractivity contribution in [3.8, 4) is 5.75 Å². The summed E-state index contributed by atoms with van der Waals surface area (Å²) in [5.74, 6) is 0.355. The highest BCUT2D eigenvalue weighted by Gasteiger charge is 2.17. The lowest BCUT2D eigenvalue weighted by Crippen LogP contribution is -2.11. The summed E-state index contributed by atoms with van der Waals surface area (Å²) in [6.45, 7) is 3.82. The van der Waals surface area contributed by atoms with E-state index in [1.165, 1.54) is 0 Å². The Bertz CT molecular complexity index is 638. The van der Waals surface area contributed by atoms with Gasteiger partial charge in [0.2, 0.25) is 0 Å². The van der Waals surface area contributed by atoms with Gasteiger partial charge in [-0.2, -0.15) is 0 Å². The summed E-state index contributed by atoms with van der Waals surface area (Å²) in [6, 6.07) is 12.0. The number of rotatable bonds is 4. The second kappa shape index (κ2) is 5.97. The van der Waals surface area contributed by atoms with Gasteiger partial charge in [-0.1, -0.05) is 23.7 Å². The average Bonchev–Trinajstić information content (AvgIpc) is 2.41. The molecule has 0 aliphatic heterocycles. The molecule has 0 bridgehead atoms. The van der Waals surface area contributed by atoms with E-state index < -0.39 is 0 Å². The third-order valence-corrected chi connectivity index (χ3v) is 2.99. The van der Waals surface area contributed by atoms with Gasteiger partial charge in [0.1, 0.15) is 5.75 Å². The third-order valence-electron chi connectivity index (χ3n) is 2.75. The minimum atomic E-state index is -0.193. The molecule has 0 heterocycles. The lowest BCUT2D eigenvalue weighted by atomic mass is 10.0. The first kappa shape index (κ1) is 14.4. The van der Waals surface area contributed by atoms with Crippen LogP contribution in [-0.4, -0.2) is 11.9 Å². The fraction of sp³-hybridized carbons (Fsp3) is 0.188. The van der Waals surface area contributed by atoms with E-state index in [0.29, 0.717) is 27.6 Å². The van der Waals surface area contributed by atoms with Gasteiger partial charge < -0.3 is 10.5 Å². The molecule has 2 rings (SSSR count). The van der Waals surface area contributed by atoms with Crippen LogP contribution >= 0.6 is 11.6 Å². The van der Waals surface area contributed by atoms with Crippen molar-refractivity contribution in [1.29, 1.82) is 0 Å². The van der Waals surface area contributed by atoms with Crippen LogP contribution in [0, 0.1) is 0 Å². The summed E-state index contributed by atoms with van der Waals surface area (Å²) in [7, 11) is 0. The lowest BCUT2D eigenvalue weighted by Gasteiger charge is -2.14. The number of anilines is 1. The van der Waals surface area contributed by atoms with Crippen LogP contribution in [0.2, 0.25) is 5.02 Å². The zero-order valence-electron chi connectivity index (χ0n) is 11.4. The topological polar surface area (TPSA) is 52.3 Å². The summed E-state index contributed by atoms with van der Waals surface area (Å²) in [5.41, 5.74) is 7.13. The summed E-state index contributed by atoms with van der Waals surface area (Å²) in [5, 5.41) is 0.477. The normalized spacial score (nSPS) is 10.6. The zero-order valence-corrected chi connectivity index (χ0v) is 12.1. The van der Waals surface area contributed by atoms with Crippen molar-refractivity contribution in [3.63, 3.8) is 0 Å². The van der Waals surface area contributed by atoms with Crippen molar-refractivity contribution in [3.05, 3.63) is 58.6 Å². The van der Waals surface area contributed by atoms with Crippen molar-refractivity contribution in [1.82, 2.24) is 0 Å². The minimum absolute atomic E-state index is 0.0133. The van der Waals surface area contributed by atoms with E-state index in [2.05, 4.69) is 0 Å². The predicted molar refractivity (Wildman–Crippen MR) is 81.5 cm³/mol. The Hall–Kier alpha value is -2.00. The Kier molecular flexibility index (Phi) is 4.30. The Morgan fingerprint density at radius 3 is 2.55 bits per heavy atom. The second-order valence-electron chi connectivity index (χ2n) is 4.72. The first-order valence-electron chi connectivity index (χ1n) is 6.34. The highest BCUT2D eigenvalue weighted by atomic mass is 35.5. The number of nitrogen functional groups attached to an aromatic ring is 1. The number of para-hydroxylation sites is 1. The molecule has 0 atom stereocenters. The van der Waals surface area contributed by atoms with Crippen molar-refractivity contribution in [2.75, 3.05) is 5.73 Å². The Morgan fingerprint density at radius 2 is 1.85 bits per heavy atom. The molecule has 0 amide bonds. The fourth-order valence-electron chi connectivity index (χ4n) is 1.88. The second-order valence-corrected chi connectivity index (χ2v) is 5.16. The number of carbonyl (C=O) groups is 1. The van der Waals surface area contributed by atoms with Gasteiger partial charge in [-0.05, 0) is 44.2 Å². The van der Waals surface area contributed by atoms with Gasteiger partial charge >= 0.3 is 0 Å². The van der Waals surface area contributed by atoms with Crippen LogP contribution in [0.5, 0.6) is 5.75 Å². The van der Waals surface area contributed by atoms with Gasteiger partial charge in [0, 0.05) is 16.3 Å². The molecule has 104 valence electrons. The van der Waals surface area contributed by atoms with Gasteiger partial charge in [0.05, 0.1) is 11.7 Å². The number of ether oxygens (including phenoxy) is 1. The molecule has 0 fully saturated rings.